The first-order chi connectivity index (χ1) is 8.12. The highest BCUT2D eigenvalue weighted by Gasteiger charge is 2.59. The molecule has 9 heteroatoms. The molecule has 1 heterocycles. The van der Waals surface area contributed by atoms with Gasteiger partial charge in [0.1, 0.15) is 0 Å². The van der Waals surface area contributed by atoms with Gasteiger partial charge >= 0.3 is 18.3 Å². The third-order valence-corrected chi connectivity index (χ3v) is 3.24. The SMILES string of the molecule is O=C(OC(C(F)(F)F)C(F)(F)F)C1=CC=IC=C1. The van der Waals surface area contributed by atoms with Crippen LogP contribution < -0.4 is 0 Å². The van der Waals surface area contributed by atoms with Crippen LogP contribution in [0.15, 0.2) is 21.8 Å². The van der Waals surface area contributed by atoms with Gasteiger partial charge in [-0.15, -0.1) is 0 Å². The monoisotopic (exact) mass is 386 g/mol. The van der Waals surface area contributed by atoms with Gasteiger partial charge in [-0.25, -0.2) is 4.79 Å². The van der Waals surface area contributed by atoms with E-state index in [0.29, 0.717) is 0 Å². The number of esters is 1. The van der Waals surface area contributed by atoms with Gasteiger partial charge in [0, 0.05) is 0 Å². The lowest BCUT2D eigenvalue weighted by Crippen LogP contribution is -2.45. The first-order valence-corrected chi connectivity index (χ1v) is 6.78. The number of hydrogen-bond donors (Lipinski definition) is 0. The van der Waals surface area contributed by atoms with Crippen LogP contribution in [0.2, 0.25) is 0 Å². The van der Waals surface area contributed by atoms with Crippen molar-refractivity contribution in [3.05, 3.63) is 21.8 Å². The first-order valence-electron chi connectivity index (χ1n) is 4.29. The van der Waals surface area contributed by atoms with Crippen molar-refractivity contribution in [2.75, 3.05) is 0 Å². The predicted octanol–water partition coefficient (Wildman–Crippen LogP) is 3.25. The van der Waals surface area contributed by atoms with Crippen LogP contribution in [0.3, 0.4) is 0 Å². The second-order valence-electron chi connectivity index (χ2n) is 3.04. The highest BCUT2D eigenvalue weighted by Crippen LogP contribution is 2.36. The molecule has 0 saturated carbocycles. The maximum Gasteiger partial charge on any atom is 0.434 e. The van der Waals surface area contributed by atoms with Crippen LogP contribution >= 0.6 is 20.7 Å². The fourth-order valence-electron chi connectivity index (χ4n) is 0.936. The summed E-state index contributed by atoms with van der Waals surface area (Å²) in [6.07, 6.45) is -13.2. The Bertz CT molecular complexity index is 404. The lowest BCUT2D eigenvalue weighted by atomic mass is 10.2. The lowest BCUT2D eigenvalue weighted by molar-refractivity contribution is -0.312. The summed E-state index contributed by atoms with van der Waals surface area (Å²) in [5.74, 6) is -1.65. The third kappa shape index (κ3) is 4.10. The fraction of sp³-hybridized carbons (Fsp3) is 0.333. The molecule has 0 aliphatic carbocycles. The smallest absolute Gasteiger partial charge is 0.434 e. The largest absolute Gasteiger partial charge is 0.439 e. The van der Waals surface area contributed by atoms with Crippen molar-refractivity contribution in [3.8, 4) is 0 Å². The zero-order valence-electron chi connectivity index (χ0n) is 8.35. The van der Waals surface area contributed by atoms with E-state index in [1.54, 1.807) is 0 Å². The normalized spacial score (nSPS) is 16.3. The van der Waals surface area contributed by atoms with E-state index >= 15 is 0 Å². The van der Waals surface area contributed by atoms with Crippen LogP contribution in [0.4, 0.5) is 26.3 Å². The van der Waals surface area contributed by atoms with E-state index in [-0.39, 0.29) is 5.57 Å². The number of halogens is 7. The minimum atomic E-state index is -5.69. The van der Waals surface area contributed by atoms with Crippen molar-refractivity contribution in [2.45, 2.75) is 18.5 Å². The minimum Gasteiger partial charge on any atom is -0.439 e. The van der Waals surface area contributed by atoms with E-state index in [2.05, 4.69) is 4.74 Å². The second-order valence-corrected chi connectivity index (χ2v) is 5.19. The molecule has 0 atom stereocenters. The van der Waals surface area contributed by atoms with Gasteiger partial charge in [-0.05, 0) is 20.2 Å². The van der Waals surface area contributed by atoms with Gasteiger partial charge in [-0.3, -0.25) is 0 Å². The van der Waals surface area contributed by atoms with Crippen molar-refractivity contribution >= 4 is 30.7 Å². The van der Waals surface area contributed by atoms with Crippen molar-refractivity contribution in [1.82, 2.24) is 0 Å². The molecule has 2 nitrogen and oxygen atoms in total. The van der Waals surface area contributed by atoms with Crippen LogP contribution in [0.25, 0.3) is 0 Å². The Kier molecular flexibility index (Phi) is 4.56. The number of rotatable bonds is 2. The molecule has 0 radical (unpaired) electrons. The fourth-order valence-corrected chi connectivity index (χ4v) is 2.37. The van der Waals surface area contributed by atoms with E-state index < -0.39 is 45.2 Å². The molecule has 0 bridgehead atoms. The Balaban J connectivity index is 2.86. The molecule has 1 aliphatic heterocycles. The molecule has 0 spiro atoms. The Morgan fingerprint density at radius 2 is 1.72 bits per heavy atom. The standard InChI is InChI=1S/C9H5F6IO2/c10-8(11,12)7(9(13,14)15)18-6(17)5-1-3-16-4-2-5/h1-4,7H. The predicted molar refractivity (Wildman–Crippen MR) is 59.3 cm³/mol. The summed E-state index contributed by atoms with van der Waals surface area (Å²) in [6.45, 7) is 0. The third-order valence-electron chi connectivity index (χ3n) is 1.69. The molecule has 102 valence electrons. The molecule has 0 fully saturated rings. The maximum absolute atomic E-state index is 12.1. The first kappa shape index (κ1) is 15.2. The summed E-state index contributed by atoms with van der Waals surface area (Å²) >= 11 is -0.439. The van der Waals surface area contributed by atoms with Crippen molar-refractivity contribution in [1.29, 1.82) is 0 Å². The summed E-state index contributed by atoms with van der Waals surface area (Å²) in [5, 5.41) is 0. The number of allylic oxidation sites excluding steroid dienone is 1. The summed E-state index contributed by atoms with van der Waals surface area (Å²) in [5.41, 5.74) is -0.334. The molecule has 0 N–H and O–H groups in total. The molecule has 1 rings (SSSR count). The topological polar surface area (TPSA) is 26.3 Å². The van der Waals surface area contributed by atoms with Gasteiger partial charge in [0.15, 0.2) is 0 Å². The molecule has 0 aromatic carbocycles. The van der Waals surface area contributed by atoms with E-state index in [1.807, 2.05) is 0 Å². The van der Waals surface area contributed by atoms with Gasteiger partial charge in [0.2, 0.25) is 0 Å². The van der Waals surface area contributed by atoms with Crippen LogP contribution in [0.1, 0.15) is 0 Å². The molecule has 0 aromatic rings. The van der Waals surface area contributed by atoms with Crippen molar-refractivity contribution in [2.24, 2.45) is 0 Å². The van der Waals surface area contributed by atoms with Gasteiger partial charge in [0.25, 0.3) is 6.10 Å². The molecular weight excluding hydrogens is 381 g/mol. The van der Waals surface area contributed by atoms with Crippen molar-refractivity contribution in [3.63, 3.8) is 0 Å². The van der Waals surface area contributed by atoms with Gasteiger partial charge < -0.3 is 4.74 Å². The number of carbonyl (C=O) groups excluding carboxylic acids is 1. The summed E-state index contributed by atoms with van der Waals surface area (Å²) < 4.78 is 79.2. The molecule has 0 aromatic heterocycles. The number of hydrogen-bond acceptors (Lipinski definition) is 2. The summed E-state index contributed by atoms with van der Waals surface area (Å²) in [7, 11) is 0. The second kappa shape index (κ2) is 5.41. The Morgan fingerprint density at radius 3 is 2.11 bits per heavy atom. The zero-order chi connectivity index (χ0) is 14.0. The average molecular weight is 386 g/mol. The maximum atomic E-state index is 12.1. The molecule has 0 saturated heterocycles. The van der Waals surface area contributed by atoms with Gasteiger partial charge in [-0.1, -0.05) is 20.7 Å². The van der Waals surface area contributed by atoms with Gasteiger partial charge in [-0.2, -0.15) is 26.3 Å². The minimum absolute atomic E-state index is 0.334. The van der Waals surface area contributed by atoms with E-state index in [0.717, 1.165) is 12.2 Å². The van der Waals surface area contributed by atoms with Crippen molar-refractivity contribution < 1.29 is 35.9 Å². The van der Waals surface area contributed by atoms with Crippen LogP contribution in [-0.2, 0) is 9.53 Å². The number of alkyl halides is 6. The Labute approximate surface area is 107 Å². The summed E-state index contributed by atoms with van der Waals surface area (Å²) in [4.78, 5) is 11.2. The Morgan fingerprint density at radius 1 is 1.17 bits per heavy atom. The Hall–Kier alpha value is -0.870. The molecular formula is C9H5F6IO2. The number of carbonyl (C=O) groups is 1. The van der Waals surface area contributed by atoms with E-state index in [1.165, 1.54) is 8.09 Å². The molecule has 1 aliphatic rings. The highest BCUT2D eigenvalue weighted by atomic mass is 127. The summed E-state index contributed by atoms with van der Waals surface area (Å²) in [6, 6.07) is 0. The molecule has 18 heavy (non-hydrogen) atoms. The van der Waals surface area contributed by atoms with E-state index in [4.69, 9.17) is 0 Å². The van der Waals surface area contributed by atoms with Crippen LogP contribution in [0, 0.1) is 0 Å². The number of ether oxygens (including phenoxy) is 1. The molecule has 0 amide bonds. The zero-order valence-corrected chi connectivity index (χ0v) is 10.5. The average Bonchev–Trinajstić information content (AvgIpc) is 2.23. The van der Waals surface area contributed by atoms with Gasteiger partial charge in [0.05, 0.1) is 5.57 Å². The van der Waals surface area contributed by atoms with Crippen LogP contribution in [0.5, 0.6) is 0 Å². The van der Waals surface area contributed by atoms with E-state index in [9.17, 15) is 31.1 Å². The lowest BCUT2D eigenvalue weighted by Gasteiger charge is -2.23. The highest BCUT2D eigenvalue weighted by molar-refractivity contribution is 14.2. The molecule has 0 unspecified atom stereocenters. The quantitative estimate of drug-likeness (QED) is 0.414. The van der Waals surface area contributed by atoms with Crippen LogP contribution in [-0.4, -0.2) is 28.4 Å².